The zero-order chi connectivity index (χ0) is 26.9. The predicted octanol–water partition coefficient (Wildman–Crippen LogP) is 3.57. The number of thiazole rings is 1. The summed E-state index contributed by atoms with van der Waals surface area (Å²) >= 11 is 4.25. The van der Waals surface area contributed by atoms with Crippen molar-refractivity contribution in [3.05, 3.63) is 93.1 Å². The van der Waals surface area contributed by atoms with E-state index in [1.54, 1.807) is 38.1 Å². The van der Waals surface area contributed by atoms with Gasteiger partial charge in [0.25, 0.3) is 5.56 Å². The number of benzene rings is 2. The Hall–Kier alpha value is -3.77. The molecule has 0 bridgehead atoms. The molecule has 3 aromatic rings. The Bertz CT molecular complexity index is 1610. The average Bonchev–Trinajstić information content (AvgIpc) is 3.15. The summed E-state index contributed by atoms with van der Waals surface area (Å²) in [6.45, 7) is 5.88. The Kier molecular flexibility index (Phi) is 7.60. The van der Waals surface area contributed by atoms with Crippen LogP contribution in [0, 0.1) is 10.1 Å². The molecule has 1 N–H and O–H groups in total. The molecule has 2 heterocycles. The molecule has 10 nitrogen and oxygen atoms in total. The molecule has 192 valence electrons. The van der Waals surface area contributed by atoms with E-state index in [4.69, 9.17) is 9.47 Å². The number of fused-ring (bicyclic) bond motifs is 1. The van der Waals surface area contributed by atoms with Crippen LogP contribution in [0.25, 0.3) is 6.08 Å². The van der Waals surface area contributed by atoms with Crippen molar-refractivity contribution >= 4 is 45.0 Å². The monoisotopic (exact) mass is 587 g/mol. The molecule has 0 radical (unpaired) electrons. The number of ether oxygens (including phenoxy) is 2. The first kappa shape index (κ1) is 26.3. The number of hydrogen-bond donors (Lipinski definition) is 1. The van der Waals surface area contributed by atoms with Gasteiger partial charge in [0.2, 0.25) is 5.75 Å². The molecule has 0 amide bonds. The van der Waals surface area contributed by atoms with Crippen molar-refractivity contribution in [2.45, 2.75) is 26.8 Å². The van der Waals surface area contributed by atoms with E-state index in [-0.39, 0.29) is 22.3 Å². The molecule has 4 rings (SSSR count). The first-order valence-corrected chi connectivity index (χ1v) is 12.9. The lowest BCUT2D eigenvalue weighted by molar-refractivity contribution is -0.385. The number of allylic oxidation sites excluding steroid dienone is 1. The van der Waals surface area contributed by atoms with Crippen LogP contribution >= 0.6 is 27.3 Å². The van der Waals surface area contributed by atoms with E-state index in [9.17, 15) is 24.8 Å². The predicted molar refractivity (Wildman–Crippen MR) is 140 cm³/mol. The summed E-state index contributed by atoms with van der Waals surface area (Å²) in [4.78, 5) is 42.1. The van der Waals surface area contributed by atoms with E-state index in [0.717, 1.165) is 11.3 Å². The van der Waals surface area contributed by atoms with Gasteiger partial charge in [-0.1, -0.05) is 39.4 Å². The molecule has 1 aliphatic rings. The largest absolute Gasteiger partial charge is 0.502 e. The second-order valence-corrected chi connectivity index (χ2v) is 9.85. The topological polar surface area (TPSA) is 133 Å². The number of aromatic hydroxyl groups is 1. The van der Waals surface area contributed by atoms with Gasteiger partial charge in [0.1, 0.15) is 5.75 Å². The van der Waals surface area contributed by atoms with E-state index in [0.29, 0.717) is 32.9 Å². The lowest BCUT2D eigenvalue weighted by Gasteiger charge is -2.24. The highest BCUT2D eigenvalue weighted by Crippen LogP contribution is 2.34. The van der Waals surface area contributed by atoms with Crippen LogP contribution in [0.15, 0.2) is 61.9 Å². The fourth-order valence-corrected chi connectivity index (χ4v) is 5.52. The standard InChI is InChI=1S/C25H22BrN3O7S/c1-4-35-17-8-6-14(7-9-17)21-20(24(32)36-5-2)13(3)27-25-28(21)23(31)19(37-25)11-15-10-16(26)12-18(22(15)30)29(33)34/h6-12,21,30H,4-5H2,1-3H3/b19-11-. The summed E-state index contributed by atoms with van der Waals surface area (Å²) in [7, 11) is 0. The van der Waals surface area contributed by atoms with Gasteiger partial charge < -0.3 is 14.6 Å². The van der Waals surface area contributed by atoms with Crippen molar-refractivity contribution in [1.29, 1.82) is 0 Å². The summed E-state index contributed by atoms with van der Waals surface area (Å²) < 4.78 is 12.7. The van der Waals surface area contributed by atoms with Crippen molar-refractivity contribution < 1.29 is 24.3 Å². The Morgan fingerprint density at radius 1 is 1.27 bits per heavy atom. The third-order valence-electron chi connectivity index (χ3n) is 5.59. The number of halogens is 1. The van der Waals surface area contributed by atoms with Gasteiger partial charge in [0.15, 0.2) is 4.80 Å². The lowest BCUT2D eigenvalue weighted by Crippen LogP contribution is -2.39. The number of phenolic OH excluding ortho intramolecular Hbond substituents is 1. The highest BCUT2D eigenvalue weighted by molar-refractivity contribution is 9.10. The zero-order valence-electron chi connectivity index (χ0n) is 20.1. The number of nitro benzene ring substituents is 1. The van der Waals surface area contributed by atoms with Gasteiger partial charge in [-0.3, -0.25) is 19.5 Å². The average molecular weight is 588 g/mol. The summed E-state index contributed by atoms with van der Waals surface area (Å²) in [6, 6.07) is 8.88. The molecule has 0 saturated carbocycles. The Morgan fingerprint density at radius 3 is 2.59 bits per heavy atom. The van der Waals surface area contributed by atoms with E-state index in [2.05, 4.69) is 20.9 Å². The van der Waals surface area contributed by atoms with Crippen LogP contribution < -0.4 is 19.6 Å². The van der Waals surface area contributed by atoms with Gasteiger partial charge >= 0.3 is 11.7 Å². The number of aromatic nitrogens is 1. The van der Waals surface area contributed by atoms with E-state index < -0.39 is 33.9 Å². The summed E-state index contributed by atoms with van der Waals surface area (Å²) in [6.07, 6.45) is 1.37. The zero-order valence-corrected chi connectivity index (χ0v) is 22.5. The van der Waals surface area contributed by atoms with Gasteiger partial charge in [0.05, 0.1) is 40.0 Å². The van der Waals surface area contributed by atoms with Crippen molar-refractivity contribution in [3.63, 3.8) is 0 Å². The van der Waals surface area contributed by atoms with Crippen LogP contribution in [-0.4, -0.2) is 33.8 Å². The SMILES string of the molecule is CCOC(=O)C1=C(C)N=c2s/c(=C\c3cc(Br)cc([N+](=O)[O-])c3O)c(=O)n2C1c1ccc(OCC)cc1. The van der Waals surface area contributed by atoms with E-state index in [1.807, 2.05) is 6.92 Å². The smallest absolute Gasteiger partial charge is 0.338 e. The van der Waals surface area contributed by atoms with E-state index in [1.165, 1.54) is 22.8 Å². The Labute approximate surface area is 223 Å². The third-order valence-corrected chi connectivity index (χ3v) is 7.03. The van der Waals surface area contributed by atoms with E-state index >= 15 is 0 Å². The minimum Gasteiger partial charge on any atom is -0.502 e. The molecule has 1 aliphatic heterocycles. The number of phenols is 1. The Balaban J connectivity index is 1.95. The van der Waals surface area contributed by atoms with Gasteiger partial charge in [-0.25, -0.2) is 9.79 Å². The first-order valence-electron chi connectivity index (χ1n) is 11.3. The normalized spacial score (nSPS) is 15.2. The molecule has 12 heteroatoms. The van der Waals surface area contributed by atoms with Crippen molar-refractivity contribution in [2.75, 3.05) is 13.2 Å². The molecule has 0 saturated heterocycles. The molecule has 1 unspecified atom stereocenters. The van der Waals surface area contributed by atoms with Crippen LogP contribution in [-0.2, 0) is 9.53 Å². The number of rotatable bonds is 7. The van der Waals surface area contributed by atoms with Crippen LogP contribution in [0.3, 0.4) is 0 Å². The molecule has 0 fully saturated rings. The number of nitrogens with zero attached hydrogens (tertiary/aromatic N) is 3. The summed E-state index contributed by atoms with van der Waals surface area (Å²) in [5.41, 5.74) is 0.400. The molecule has 1 atom stereocenters. The number of carbonyl (C=O) groups is 1. The van der Waals surface area contributed by atoms with Gasteiger partial charge in [0, 0.05) is 16.1 Å². The van der Waals surface area contributed by atoms with Gasteiger partial charge in [-0.05, 0) is 50.6 Å². The van der Waals surface area contributed by atoms with Gasteiger partial charge in [-0.2, -0.15) is 0 Å². The van der Waals surface area contributed by atoms with Crippen molar-refractivity contribution in [3.8, 4) is 11.5 Å². The second-order valence-electron chi connectivity index (χ2n) is 7.92. The van der Waals surface area contributed by atoms with Crippen LogP contribution in [0.5, 0.6) is 11.5 Å². The Morgan fingerprint density at radius 2 is 1.97 bits per heavy atom. The second kappa shape index (κ2) is 10.7. The maximum atomic E-state index is 13.7. The fourth-order valence-electron chi connectivity index (χ4n) is 4.02. The molecule has 2 aromatic carbocycles. The number of hydrogen-bond acceptors (Lipinski definition) is 9. The first-order chi connectivity index (χ1) is 17.7. The number of carbonyl (C=O) groups excluding carboxylic acids is 1. The molecular weight excluding hydrogens is 566 g/mol. The highest BCUT2D eigenvalue weighted by Gasteiger charge is 2.33. The maximum absolute atomic E-state index is 13.7. The van der Waals surface area contributed by atoms with Crippen LogP contribution in [0.4, 0.5) is 5.69 Å². The van der Waals surface area contributed by atoms with Gasteiger partial charge in [-0.15, -0.1) is 0 Å². The quantitative estimate of drug-likeness (QED) is 0.254. The molecule has 0 aliphatic carbocycles. The summed E-state index contributed by atoms with van der Waals surface area (Å²) in [5.74, 6) is -0.508. The highest BCUT2D eigenvalue weighted by atomic mass is 79.9. The number of nitro groups is 1. The minimum absolute atomic E-state index is 0.0882. The fraction of sp³-hybridized carbons (Fsp3) is 0.240. The maximum Gasteiger partial charge on any atom is 0.338 e. The minimum atomic E-state index is -0.821. The van der Waals surface area contributed by atoms with Crippen molar-refractivity contribution in [1.82, 2.24) is 4.57 Å². The summed E-state index contributed by atoms with van der Waals surface area (Å²) in [5, 5.41) is 21.8. The van der Waals surface area contributed by atoms with Crippen molar-refractivity contribution in [2.24, 2.45) is 4.99 Å². The molecule has 1 aromatic heterocycles. The molecule has 37 heavy (non-hydrogen) atoms. The van der Waals surface area contributed by atoms with Crippen LogP contribution in [0.1, 0.15) is 37.9 Å². The molecular formula is C25H22BrN3O7S. The lowest BCUT2D eigenvalue weighted by atomic mass is 9.96. The third kappa shape index (κ3) is 5.07. The number of esters is 1. The van der Waals surface area contributed by atoms with Crippen LogP contribution in [0.2, 0.25) is 0 Å². The molecule has 0 spiro atoms.